The molecule has 1 saturated heterocycles. The third-order valence-corrected chi connectivity index (χ3v) is 7.22. The van der Waals surface area contributed by atoms with Gasteiger partial charge in [0, 0.05) is 37.1 Å². The van der Waals surface area contributed by atoms with Gasteiger partial charge in [0.05, 0.1) is 16.8 Å². The summed E-state index contributed by atoms with van der Waals surface area (Å²) in [6, 6.07) is 4.09. The topological polar surface area (TPSA) is 43.3 Å². The Balaban J connectivity index is 1.68. The summed E-state index contributed by atoms with van der Waals surface area (Å²) in [5.41, 5.74) is 0.298. The van der Waals surface area contributed by atoms with Crippen LogP contribution < -0.4 is 5.32 Å². The summed E-state index contributed by atoms with van der Waals surface area (Å²) in [6.45, 7) is 3.67. The van der Waals surface area contributed by atoms with Gasteiger partial charge in [0.1, 0.15) is 5.82 Å². The van der Waals surface area contributed by atoms with E-state index in [1.54, 1.807) is 13.0 Å². The van der Waals surface area contributed by atoms with Crippen LogP contribution in [0.5, 0.6) is 0 Å². The molecule has 0 unspecified atom stereocenters. The molecule has 1 N–H and O–H groups in total. The molecule has 0 atom stereocenters. The van der Waals surface area contributed by atoms with Gasteiger partial charge in [-0.05, 0) is 69.2 Å². The monoisotopic (exact) mass is 480 g/mol. The summed E-state index contributed by atoms with van der Waals surface area (Å²) in [5.74, 6) is -0.561. The number of rotatable bonds is 6. The number of halogens is 4. The van der Waals surface area contributed by atoms with E-state index in [-0.39, 0.29) is 17.5 Å². The molecule has 0 radical (unpaired) electrons. The highest BCUT2D eigenvalue weighted by Crippen LogP contribution is 2.36. The number of amides is 1. The predicted molar refractivity (Wildman–Crippen MR) is 122 cm³/mol. The normalized spacial score (nSPS) is 18.3. The molecule has 1 aromatic heterocycles. The van der Waals surface area contributed by atoms with E-state index in [4.69, 9.17) is 4.74 Å². The van der Waals surface area contributed by atoms with Crippen molar-refractivity contribution in [3.63, 3.8) is 0 Å². The second-order valence-corrected chi connectivity index (χ2v) is 9.53. The van der Waals surface area contributed by atoms with Crippen molar-refractivity contribution < 1.29 is 27.1 Å². The molecule has 2 fully saturated rings. The Bertz CT molecular complexity index is 1000. The Labute approximate surface area is 197 Å². The molecule has 2 aliphatic rings. The zero-order chi connectivity index (χ0) is 24.3. The molecule has 1 saturated carbocycles. The molecule has 1 aromatic carbocycles. The quantitative estimate of drug-likeness (QED) is 0.480. The number of nitrogens with one attached hydrogen (secondary N) is 1. The van der Waals surface area contributed by atoms with Crippen molar-refractivity contribution in [1.82, 2.24) is 9.88 Å². The Kier molecular flexibility index (Phi) is 7.65. The minimum Gasteiger partial charge on any atom is -0.381 e. The maximum atomic E-state index is 14.8. The van der Waals surface area contributed by atoms with Gasteiger partial charge < -0.3 is 14.6 Å². The summed E-state index contributed by atoms with van der Waals surface area (Å²) in [7, 11) is 0. The van der Waals surface area contributed by atoms with E-state index in [9.17, 15) is 22.4 Å². The first-order valence-electron chi connectivity index (χ1n) is 12.2. The van der Waals surface area contributed by atoms with Crippen LogP contribution in [0.1, 0.15) is 73.0 Å². The zero-order valence-electron chi connectivity index (χ0n) is 19.5. The van der Waals surface area contributed by atoms with Gasteiger partial charge in [-0.3, -0.25) is 4.79 Å². The lowest BCUT2D eigenvalue weighted by Crippen LogP contribution is -2.36. The highest BCUT2D eigenvalue weighted by Gasteiger charge is 2.32. The van der Waals surface area contributed by atoms with E-state index >= 15 is 0 Å². The number of carbonyl (C=O) groups excluding carboxylic acids is 1. The van der Waals surface area contributed by atoms with E-state index in [0.717, 1.165) is 69.6 Å². The maximum absolute atomic E-state index is 14.8. The predicted octanol–water partition coefficient (Wildman–Crippen LogP) is 6.50. The summed E-state index contributed by atoms with van der Waals surface area (Å²) in [4.78, 5) is 13.1. The van der Waals surface area contributed by atoms with Crippen LogP contribution >= 0.6 is 0 Å². The van der Waals surface area contributed by atoms with Crippen LogP contribution in [-0.4, -0.2) is 29.7 Å². The Morgan fingerprint density at radius 3 is 2.47 bits per heavy atom. The molecule has 2 aromatic rings. The number of carbonyl (C=O) groups is 1. The average molecular weight is 481 g/mol. The molecule has 0 bridgehead atoms. The summed E-state index contributed by atoms with van der Waals surface area (Å²) < 4.78 is 62.2. The molecule has 0 spiro atoms. The fraction of sp³-hybridized carbons (Fsp3) is 0.577. The molecule has 1 aliphatic heterocycles. The fourth-order valence-electron chi connectivity index (χ4n) is 5.14. The second-order valence-electron chi connectivity index (χ2n) is 9.53. The smallest absolute Gasteiger partial charge is 0.381 e. The molecule has 34 heavy (non-hydrogen) atoms. The lowest BCUT2D eigenvalue weighted by Gasteiger charge is -2.23. The molecule has 2 heterocycles. The van der Waals surface area contributed by atoms with E-state index in [1.807, 2.05) is 4.57 Å². The van der Waals surface area contributed by atoms with Gasteiger partial charge in [-0.25, -0.2) is 4.39 Å². The number of nitrogens with zero attached hydrogens (tertiary/aromatic N) is 1. The van der Waals surface area contributed by atoms with Crippen molar-refractivity contribution in [2.75, 3.05) is 13.2 Å². The number of hydrogen-bond acceptors (Lipinski definition) is 2. The van der Waals surface area contributed by atoms with Crippen LogP contribution in [0.4, 0.5) is 17.6 Å². The van der Waals surface area contributed by atoms with Crippen LogP contribution in [-0.2, 0) is 17.5 Å². The van der Waals surface area contributed by atoms with Crippen molar-refractivity contribution in [2.45, 2.75) is 77.1 Å². The minimum absolute atomic E-state index is 0.0972. The highest BCUT2D eigenvalue weighted by atomic mass is 19.4. The molecule has 1 amide bonds. The number of aromatic nitrogens is 1. The second kappa shape index (κ2) is 10.5. The highest BCUT2D eigenvalue weighted by molar-refractivity contribution is 5.97. The third kappa shape index (κ3) is 5.65. The van der Waals surface area contributed by atoms with Gasteiger partial charge in [-0.15, -0.1) is 0 Å². The lowest BCUT2D eigenvalue weighted by molar-refractivity contribution is -0.137. The average Bonchev–Trinajstić information content (AvgIpc) is 3.14. The van der Waals surface area contributed by atoms with Gasteiger partial charge in [0.15, 0.2) is 0 Å². The maximum Gasteiger partial charge on any atom is 0.416 e. The first-order chi connectivity index (χ1) is 16.2. The molecular weight excluding hydrogens is 448 g/mol. The SMILES string of the molecule is Cc1c(C(=O)NC2CCCCC2)cc(-c2cc(C(F)(F)F)ccc2F)n1CCC1CCOCC1. The van der Waals surface area contributed by atoms with Crippen LogP contribution in [0.2, 0.25) is 0 Å². The van der Waals surface area contributed by atoms with E-state index in [1.165, 1.54) is 0 Å². The number of alkyl halides is 3. The van der Waals surface area contributed by atoms with Gasteiger partial charge >= 0.3 is 6.18 Å². The van der Waals surface area contributed by atoms with Gasteiger partial charge in [-0.1, -0.05) is 19.3 Å². The largest absolute Gasteiger partial charge is 0.416 e. The van der Waals surface area contributed by atoms with Crippen molar-refractivity contribution >= 4 is 5.91 Å². The van der Waals surface area contributed by atoms with Crippen LogP contribution in [0.3, 0.4) is 0 Å². The van der Waals surface area contributed by atoms with Crippen LogP contribution in [0.25, 0.3) is 11.3 Å². The fourth-order valence-corrected chi connectivity index (χ4v) is 5.14. The van der Waals surface area contributed by atoms with Gasteiger partial charge in [0.2, 0.25) is 0 Å². The van der Waals surface area contributed by atoms with Crippen molar-refractivity contribution in [1.29, 1.82) is 0 Å². The van der Waals surface area contributed by atoms with E-state index < -0.39 is 17.6 Å². The standard InChI is InChI=1S/C26H32F4N2O2/c1-17-21(25(33)31-20-5-3-2-4-6-20)16-24(32(17)12-9-18-10-13-34-14-11-18)22-15-19(26(28,29)30)7-8-23(22)27/h7-8,15-16,18,20H,2-6,9-14H2,1H3,(H,31,33). The first-order valence-corrected chi connectivity index (χ1v) is 12.2. The van der Waals surface area contributed by atoms with E-state index in [0.29, 0.717) is 42.6 Å². The molecule has 4 rings (SSSR count). The Morgan fingerprint density at radius 1 is 1.09 bits per heavy atom. The lowest BCUT2D eigenvalue weighted by atomic mass is 9.95. The minimum atomic E-state index is -4.59. The summed E-state index contributed by atoms with van der Waals surface area (Å²) >= 11 is 0. The number of ether oxygens (including phenoxy) is 1. The third-order valence-electron chi connectivity index (χ3n) is 7.22. The molecule has 1 aliphatic carbocycles. The number of benzene rings is 1. The van der Waals surface area contributed by atoms with Crippen LogP contribution in [0.15, 0.2) is 24.3 Å². The number of hydrogen-bond donors (Lipinski definition) is 1. The zero-order valence-corrected chi connectivity index (χ0v) is 19.5. The molecule has 4 nitrogen and oxygen atoms in total. The van der Waals surface area contributed by atoms with Crippen molar-refractivity contribution in [3.8, 4) is 11.3 Å². The van der Waals surface area contributed by atoms with Gasteiger partial charge in [-0.2, -0.15) is 13.2 Å². The molecule has 8 heteroatoms. The van der Waals surface area contributed by atoms with Gasteiger partial charge in [0.25, 0.3) is 5.91 Å². The van der Waals surface area contributed by atoms with Crippen molar-refractivity contribution in [3.05, 3.63) is 46.9 Å². The first kappa shape index (κ1) is 24.8. The molecular formula is C26H32F4N2O2. The van der Waals surface area contributed by atoms with Crippen molar-refractivity contribution in [2.24, 2.45) is 5.92 Å². The summed E-state index contributed by atoms with van der Waals surface area (Å²) in [6.07, 6.45) is 3.18. The Morgan fingerprint density at radius 2 is 1.79 bits per heavy atom. The summed E-state index contributed by atoms with van der Waals surface area (Å²) in [5, 5.41) is 3.08. The van der Waals surface area contributed by atoms with E-state index in [2.05, 4.69) is 5.32 Å². The Hall–Kier alpha value is -2.35. The van der Waals surface area contributed by atoms with Crippen LogP contribution in [0, 0.1) is 18.7 Å². The molecule has 186 valence electrons.